The van der Waals surface area contributed by atoms with E-state index >= 15 is 0 Å². The van der Waals surface area contributed by atoms with Crippen molar-refractivity contribution in [1.29, 1.82) is 0 Å². The van der Waals surface area contributed by atoms with Gasteiger partial charge in [-0.2, -0.15) is 0 Å². The molecule has 4 nitrogen and oxygen atoms in total. The molecule has 1 aromatic rings. The van der Waals surface area contributed by atoms with Crippen molar-refractivity contribution >= 4 is 11.7 Å². The van der Waals surface area contributed by atoms with E-state index in [0.717, 1.165) is 11.1 Å². The number of hydrogen-bond donors (Lipinski definition) is 0. The summed E-state index contributed by atoms with van der Waals surface area (Å²) in [4.78, 5) is 18.2. The molecule has 0 saturated heterocycles. The molecule has 2 heterocycles. The SMILES string of the molecule is C=CC1=C(C)C(OC)N(c2ncccc2C)C1=O. The maximum atomic E-state index is 12.3. The van der Waals surface area contributed by atoms with Crippen molar-refractivity contribution in [2.45, 2.75) is 20.1 Å². The molecule has 0 saturated carbocycles. The first-order chi connectivity index (χ1) is 8.61. The number of carbonyl (C=O) groups is 1. The van der Waals surface area contributed by atoms with Gasteiger partial charge in [0, 0.05) is 18.9 Å². The second-order valence-corrected chi connectivity index (χ2v) is 4.21. The average molecular weight is 244 g/mol. The molecule has 0 spiro atoms. The van der Waals surface area contributed by atoms with Crippen LogP contribution in [0.3, 0.4) is 0 Å². The van der Waals surface area contributed by atoms with Gasteiger partial charge in [0.1, 0.15) is 5.82 Å². The molecule has 2 rings (SSSR count). The van der Waals surface area contributed by atoms with E-state index in [1.54, 1.807) is 24.3 Å². The zero-order chi connectivity index (χ0) is 13.3. The first kappa shape index (κ1) is 12.5. The largest absolute Gasteiger partial charge is 0.357 e. The molecule has 94 valence electrons. The van der Waals surface area contributed by atoms with E-state index in [1.165, 1.54) is 0 Å². The van der Waals surface area contributed by atoms with Gasteiger partial charge in [0.15, 0.2) is 6.23 Å². The van der Waals surface area contributed by atoms with Crippen LogP contribution in [0.4, 0.5) is 5.82 Å². The van der Waals surface area contributed by atoms with E-state index < -0.39 is 6.23 Å². The van der Waals surface area contributed by atoms with Crippen LogP contribution in [-0.4, -0.2) is 24.2 Å². The summed E-state index contributed by atoms with van der Waals surface area (Å²) in [5.74, 6) is 0.515. The second kappa shape index (κ2) is 4.74. The number of anilines is 1. The van der Waals surface area contributed by atoms with Gasteiger partial charge in [-0.15, -0.1) is 0 Å². The van der Waals surface area contributed by atoms with Gasteiger partial charge in [-0.25, -0.2) is 4.98 Å². The highest BCUT2D eigenvalue weighted by molar-refractivity contribution is 6.11. The van der Waals surface area contributed by atoms with Gasteiger partial charge < -0.3 is 4.74 Å². The van der Waals surface area contributed by atoms with Crippen LogP contribution in [0, 0.1) is 6.92 Å². The fourth-order valence-electron chi connectivity index (χ4n) is 2.20. The summed E-state index contributed by atoms with van der Waals surface area (Å²) < 4.78 is 5.41. The number of pyridine rings is 1. The molecule has 1 aliphatic heterocycles. The van der Waals surface area contributed by atoms with Gasteiger partial charge in [-0.05, 0) is 31.1 Å². The maximum absolute atomic E-state index is 12.3. The van der Waals surface area contributed by atoms with Crippen molar-refractivity contribution in [1.82, 2.24) is 4.98 Å². The van der Waals surface area contributed by atoms with E-state index in [4.69, 9.17) is 4.74 Å². The molecule has 1 aliphatic rings. The van der Waals surface area contributed by atoms with Gasteiger partial charge >= 0.3 is 0 Å². The van der Waals surface area contributed by atoms with Gasteiger partial charge in [0.25, 0.3) is 5.91 Å². The minimum absolute atomic E-state index is 0.115. The molecule has 0 bridgehead atoms. The van der Waals surface area contributed by atoms with Crippen LogP contribution in [0.1, 0.15) is 12.5 Å². The lowest BCUT2D eigenvalue weighted by Gasteiger charge is -2.25. The normalized spacial score (nSPS) is 19.6. The Morgan fingerprint density at radius 3 is 2.78 bits per heavy atom. The predicted octanol–water partition coefficient (Wildman–Crippen LogP) is 2.21. The second-order valence-electron chi connectivity index (χ2n) is 4.21. The Bertz CT molecular complexity index is 534. The summed E-state index contributed by atoms with van der Waals surface area (Å²) in [5, 5.41) is 0. The Kier molecular flexibility index (Phi) is 3.30. The van der Waals surface area contributed by atoms with Crippen molar-refractivity contribution in [2.75, 3.05) is 12.0 Å². The fraction of sp³-hybridized carbons (Fsp3) is 0.286. The van der Waals surface area contributed by atoms with E-state index in [0.29, 0.717) is 11.4 Å². The molecule has 1 atom stereocenters. The molecular formula is C14H16N2O2. The Morgan fingerprint density at radius 1 is 1.50 bits per heavy atom. The van der Waals surface area contributed by atoms with Crippen molar-refractivity contribution < 1.29 is 9.53 Å². The Morgan fingerprint density at radius 2 is 2.22 bits per heavy atom. The highest BCUT2D eigenvalue weighted by Gasteiger charge is 2.38. The monoisotopic (exact) mass is 244 g/mol. The number of nitrogens with zero attached hydrogens (tertiary/aromatic N) is 2. The number of ether oxygens (including phenoxy) is 1. The van der Waals surface area contributed by atoms with Crippen LogP contribution in [0.5, 0.6) is 0 Å². The van der Waals surface area contributed by atoms with Crippen LogP contribution >= 0.6 is 0 Å². The zero-order valence-electron chi connectivity index (χ0n) is 10.8. The number of aryl methyl sites for hydroxylation is 1. The van der Waals surface area contributed by atoms with Crippen LogP contribution in [0.15, 0.2) is 42.1 Å². The third-order valence-electron chi connectivity index (χ3n) is 3.12. The zero-order valence-corrected chi connectivity index (χ0v) is 10.8. The van der Waals surface area contributed by atoms with Crippen LogP contribution < -0.4 is 4.90 Å². The summed E-state index contributed by atoms with van der Waals surface area (Å²) in [6, 6.07) is 3.76. The first-order valence-electron chi connectivity index (χ1n) is 5.73. The maximum Gasteiger partial charge on any atom is 0.261 e. The molecule has 4 heteroatoms. The summed E-state index contributed by atoms with van der Waals surface area (Å²) in [5.41, 5.74) is 2.39. The molecule has 0 aliphatic carbocycles. The van der Waals surface area contributed by atoms with Gasteiger partial charge in [-0.3, -0.25) is 9.69 Å². The molecular weight excluding hydrogens is 228 g/mol. The third-order valence-corrected chi connectivity index (χ3v) is 3.12. The standard InChI is InChI=1S/C14H16N2O2/c1-5-11-10(3)14(18-4)16(13(11)17)12-9(2)7-6-8-15-12/h5-8,14H,1H2,2-4H3. The van der Waals surface area contributed by atoms with Gasteiger partial charge in [-0.1, -0.05) is 18.7 Å². The molecule has 0 N–H and O–H groups in total. The molecule has 0 radical (unpaired) electrons. The average Bonchev–Trinajstić information content (AvgIpc) is 2.60. The van der Waals surface area contributed by atoms with Crippen LogP contribution in [0.2, 0.25) is 0 Å². The topological polar surface area (TPSA) is 42.4 Å². The molecule has 1 amide bonds. The molecule has 1 aromatic heterocycles. The number of methoxy groups -OCH3 is 1. The summed E-state index contributed by atoms with van der Waals surface area (Å²) in [6.07, 6.45) is 2.84. The highest BCUT2D eigenvalue weighted by atomic mass is 16.5. The molecule has 18 heavy (non-hydrogen) atoms. The number of carbonyl (C=O) groups excluding carboxylic acids is 1. The summed E-state index contributed by atoms with van der Waals surface area (Å²) in [7, 11) is 1.58. The smallest absolute Gasteiger partial charge is 0.261 e. The number of rotatable bonds is 3. The summed E-state index contributed by atoms with van der Waals surface area (Å²) >= 11 is 0. The number of amides is 1. The van der Waals surface area contributed by atoms with Crippen molar-refractivity contribution in [3.05, 3.63) is 47.7 Å². The minimum atomic E-state index is -0.404. The lowest BCUT2D eigenvalue weighted by atomic mass is 10.1. The predicted molar refractivity (Wildman–Crippen MR) is 70.2 cm³/mol. The number of hydrogen-bond acceptors (Lipinski definition) is 3. The van der Waals surface area contributed by atoms with Crippen LogP contribution in [-0.2, 0) is 9.53 Å². The summed E-state index contributed by atoms with van der Waals surface area (Å²) in [6.45, 7) is 7.48. The lowest BCUT2D eigenvalue weighted by molar-refractivity contribution is -0.115. The number of aromatic nitrogens is 1. The molecule has 1 unspecified atom stereocenters. The van der Waals surface area contributed by atoms with E-state index in [-0.39, 0.29) is 5.91 Å². The molecule has 0 fully saturated rings. The van der Waals surface area contributed by atoms with Gasteiger partial charge in [0.05, 0.1) is 0 Å². The van der Waals surface area contributed by atoms with Crippen molar-refractivity contribution in [3.8, 4) is 0 Å². The van der Waals surface area contributed by atoms with Crippen molar-refractivity contribution in [3.63, 3.8) is 0 Å². The Hall–Kier alpha value is -1.94. The highest BCUT2D eigenvalue weighted by Crippen LogP contribution is 2.32. The third kappa shape index (κ3) is 1.75. The quantitative estimate of drug-likeness (QED) is 0.818. The molecule has 0 aromatic carbocycles. The van der Waals surface area contributed by atoms with Crippen molar-refractivity contribution in [2.24, 2.45) is 0 Å². The fourth-order valence-corrected chi connectivity index (χ4v) is 2.20. The van der Waals surface area contributed by atoms with Crippen LogP contribution in [0.25, 0.3) is 0 Å². The Balaban J connectivity index is 2.51. The Labute approximate surface area is 107 Å². The first-order valence-corrected chi connectivity index (χ1v) is 5.73. The van der Waals surface area contributed by atoms with E-state index in [2.05, 4.69) is 11.6 Å². The lowest BCUT2D eigenvalue weighted by Crippen LogP contribution is -2.37. The van der Waals surface area contributed by atoms with E-state index in [1.807, 2.05) is 26.0 Å². The van der Waals surface area contributed by atoms with E-state index in [9.17, 15) is 4.79 Å². The van der Waals surface area contributed by atoms with Gasteiger partial charge in [0.2, 0.25) is 0 Å². The minimum Gasteiger partial charge on any atom is -0.357 e.